The average Bonchev–Trinajstić information content (AvgIpc) is 3.16. The van der Waals surface area contributed by atoms with Crippen molar-refractivity contribution in [1.29, 1.82) is 0 Å². The zero-order valence-electron chi connectivity index (χ0n) is 15.5. The number of benzene rings is 2. The molecule has 0 atom stereocenters. The van der Waals surface area contributed by atoms with Crippen molar-refractivity contribution >= 4 is 34.2 Å². The molecule has 1 N–H and O–H groups in total. The molecule has 0 saturated carbocycles. The van der Waals surface area contributed by atoms with Crippen molar-refractivity contribution in [1.82, 2.24) is 4.57 Å². The highest BCUT2D eigenvalue weighted by molar-refractivity contribution is 7.07. The number of amides is 1. The number of para-hydroxylation sites is 1. The van der Waals surface area contributed by atoms with Crippen LogP contribution < -0.4 is 25.1 Å². The van der Waals surface area contributed by atoms with E-state index in [4.69, 9.17) is 0 Å². The molecular weight excluding hydrogens is 372 g/mol. The number of aromatic nitrogens is 1. The van der Waals surface area contributed by atoms with Crippen LogP contribution in [0.5, 0.6) is 0 Å². The van der Waals surface area contributed by atoms with Crippen LogP contribution in [0.4, 0.5) is 11.4 Å². The summed E-state index contributed by atoms with van der Waals surface area (Å²) in [4.78, 5) is 33.0. The first-order valence-corrected chi connectivity index (χ1v) is 9.85. The largest absolute Gasteiger partial charge is 0.334 e. The zero-order valence-corrected chi connectivity index (χ0v) is 16.3. The molecule has 0 spiro atoms. The second-order valence-electron chi connectivity index (χ2n) is 7.15. The van der Waals surface area contributed by atoms with Crippen LogP contribution in [0, 0.1) is 13.8 Å². The molecule has 6 nitrogen and oxygen atoms in total. The van der Waals surface area contributed by atoms with Gasteiger partial charge in [0, 0.05) is 16.9 Å². The number of hydrogen-bond donors (Lipinski definition) is 1. The number of carbonyl (C=O) groups excluding carboxylic acids is 1. The average molecular weight is 390 g/mol. The lowest BCUT2D eigenvalue weighted by atomic mass is 10.1. The molecule has 0 saturated heterocycles. The van der Waals surface area contributed by atoms with Gasteiger partial charge < -0.3 is 10.2 Å². The van der Waals surface area contributed by atoms with Crippen LogP contribution in [0.1, 0.15) is 16.7 Å². The molecular formula is C21H18N4O2S. The number of rotatable bonds is 1. The molecule has 28 heavy (non-hydrogen) atoms. The van der Waals surface area contributed by atoms with Crippen molar-refractivity contribution in [2.75, 3.05) is 16.9 Å². The highest BCUT2D eigenvalue weighted by Gasteiger charge is 2.27. The first-order chi connectivity index (χ1) is 13.5. The second kappa shape index (κ2) is 6.17. The molecule has 0 unspecified atom stereocenters. The summed E-state index contributed by atoms with van der Waals surface area (Å²) in [5, 5.41) is 2.84. The van der Waals surface area contributed by atoms with E-state index in [2.05, 4.69) is 47.3 Å². The van der Waals surface area contributed by atoms with Crippen LogP contribution in [-0.4, -0.2) is 17.1 Å². The molecule has 2 aliphatic heterocycles. The molecule has 5 rings (SSSR count). The highest BCUT2D eigenvalue weighted by Crippen LogP contribution is 2.29. The first-order valence-electron chi connectivity index (χ1n) is 9.04. The van der Waals surface area contributed by atoms with Gasteiger partial charge in [0.1, 0.15) is 17.9 Å². The van der Waals surface area contributed by atoms with E-state index < -0.39 is 0 Å². The van der Waals surface area contributed by atoms with Crippen molar-refractivity contribution in [3.05, 3.63) is 78.8 Å². The summed E-state index contributed by atoms with van der Waals surface area (Å²) >= 11 is 1.29. The minimum absolute atomic E-state index is 0.167. The molecule has 0 fully saturated rings. The highest BCUT2D eigenvalue weighted by atomic mass is 32.1. The lowest BCUT2D eigenvalue weighted by molar-refractivity contribution is -0.110. The Bertz CT molecular complexity index is 1300. The molecule has 7 heteroatoms. The Morgan fingerprint density at radius 1 is 1.07 bits per heavy atom. The summed E-state index contributed by atoms with van der Waals surface area (Å²) < 4.78 is 2.10. The van der Waals surface area contributed by atoms with Crippen LogP contribution in [0.3, 0.4) is 0 Å². The van der Waals surface area contributed by atoms with E-state index in [0.29, 0.717) is 28.2 Å². The lowest BCUT2D eigenvalue weighted by Gasteiger charge is -2.26. The van der Waals surface area contributed by atoms with Gasteiger partial charge in [-0.15, -0.1) is 0 Å². The minimum atomic E-state index is -0.233. The number of hydrogen-bond acceptors (Lipinski definition) is 5. The number of aryl methyl sites for hydroxylation is 2. The summed E-state index contributed by atoms with van der Waals surface area (Å²) in [5.41, 5.74) is 5.19. The Labute approximate surface area is 165 Å². The Kier molecular flexibility index (Phi) is 3.73. The van der Waals surface area contributed by atoms with Gasteiger partial charge in [-0.3, -0.25) is 14.2 Å². The molecule has 0 bridgehead atoms. The van der Waals surface area contributed by atoms with Crippen LogP contribution in [0.15, 0.2) is 52.3 Å². The molecule has 1 amide bonds. The maximum absolute atomic E-state index is 13.2. The van der Waals surface area contributed by atoms with E-state index in [1.54, 1.807) is 4.57 Å². The zero-order chi connectivity index (χ0) is 19.4. The third-order valence-corrected chi connectivity index (χ3v) is 6.14. The third-order valence-electron chi connectivity index (χ3n) is 5.02. The summed E-state index contributed by atoms with van der Waals surface area (Å²) in [6.45, 7) is 5.03. The molecule has 3 heterocycles. The second-order valence-corrected chi connectivity index (χ2v) is 8.13. The van der Waals surface area contributed by atoms with Crippen molar-refractivity contribution in [2.24, 2.45) is 4.99 Å². The maximum Gasteiger partial charge on any atom is 0.272 e. The van der Waals surface area contributed by atoms with E-state index in [0.717, 1.165) is 16.9 Å². The van der Waals surface area contributed by atoms with Crippen LogP contribution in [0.2, 0.25) is 0 Å². The molecule has 0 radical (unpaired) electrons. The topological polar surface area (TPSA) is 66.7 Å². The number of anilines is 2. The van der Waals surface area contributed by atoms with E-state index in [-0.39, 0.29) is 11.5 Å². The monoisotopic (exact) mass is 390 g/mol. The predicted octanol–water partition coefficient (Wildman–Crippen LogP) is 1.73. The number of fused-ring (bicyclic) bond motifs is 2. The minimum Gasteiger partial charge on any atom is -0.334 e. The van der Waals surface area contributed by atoms with Gasteiger partial charge in [0.05, 0.1) is 5.57 Å². The van der Waals surface area contributed by atoms with Gasteiger partial charge in [0.25, 0.3) is 11.5 Å². The fourth-order valence-electron chi connectivity index (χ4n) is 3.80. The molecule has 0 aliphatic carbocycles. The quantitative estimate of drug-likeness (QED) is 0.688. The van der Waals surface area contributed by atoms with Gasteiger partial charge in [0.15, 0.2) is 4.80 Å². The van der Waals surface area contributed by atoms with E-state index in [9.17, 15) is 9.59 Å². The Hall–Kier alpha value is -3.19. The van der Waals surface area contributed by atoms with E-state index in [1.807, 2.05) is 24.3 Å². The SMILES string of the molecule is Cc1cc(C)cc(N2CN=c3sc(=C4C(=O)Nc5ccccc54)c(=O)n3C2)c1. The number of nitrogens with one attached hydrogen (secondary N) is 1. The van der Waals surface area contributed by atoms with Crippen molar-refractivity contribution < 1.29 is 4.79 Å². The van der Waals surface area contributed by atoms with Crippen LogP contribution in [0.25, 0.3) is 5.57 Å². The summed E-state index contributed by atoms with van der Waals surface area (Å²) in [5.74, 6) is -0.233. The maximum atomic E-state index is 13.2. The van der Waals surface area contributed by atoms with E-state index >= 15 is 0 Å². The number of carbonyl (C=O) groups is 1. The fraction of sp³-hybridized carbons (Fsp3) is 0.190. The van der Waals surface area contributed by atoms with Gasteiger partial charge in [-0.2, -0.15) is 0 Å². The lowest BCUT2D eigenvalue weighted by Crippen LogP contribution is -2.43. The van der Waals surface area contributed by atoms with Crippen LogP contribution >= 0.6 is 11.3 Å². The Balaban J connectivity index is 1.64. The number of thiazole rings is 1. The summed E-state index contributed by atoms with van der Waals surface area (Å²) in [7, 11) is 0. The number of nitrogens with zero attached hydrogens (tertiary/aromatic N) is 3. The van der Waals surface area contributed by atoms with Crippen molar-refractivity contribution in [3.8, 4) is 0 Å². The predicted molar refractivity (Wildman–Crippen MR) is 110 cm³/mol. The van der Waals surface area contributed by atoms with Gasteiger partial charge >= 0.3 is 0 Å². The molecule has 2 aliphatic rings. The molecule has 1 aromatic heterocycles. The van der Waals surface area contributed by atoms with Gasteiger partial charge in [0.2, 0.25) is 0 Å². The standard InChI is InChI=1S/C21H18N4O2S/c1-12-7-13(2)9-14(8-12)24-10-22-21-25(11-24)20(27)18(28-21)17-15-5-3-4-6-16(15)23-19(17)26/h3-9H,10-11H2,1-2H3,(H,23,26). The molecule has 2 aromatic carbocycles. The summed E-state index contributed by atoms with van der Waals surface area (Å²) in [6, 6.07) is 13.8. The molecule has 140 valence electrons. The Morgan fingerprint density at radius 2 is 1.82 bits per heavy atom. The van der Waals surface area contributed by atoms with Gasteiger partial charge in [-0.25, -0.2) is 4.99 Å². The Morgan fingerprint density at radius 3 is 2.61 bits per heavy atom. The van der Waals surface area contributed by atoms with Crippen LogP contribution in [-0.2, 0) is 11.5 Å². The third kappa shape index (κ3) is 2.58. The van der Waals surface area contributed by atoms with Crippen molar-refractivity contribution in [2.45, 2.75) is 20.5 Å². The molecule has 3 aromatic rings. The van der Waals surface area contributed by atoms with E-state index in [1.165, 1.54) is 22.5 Å². The van der Waals surface area contributed by atoms with Gasteiger partial charge in [-0.1, -0.05) is 35.6 Å². The fourth-order valence-corrected chi connectivity index (χ4v) is 4.86. The normalized spacial score (nSPS) is 17.1. The van der Waals surface area contributed by atoms with Crippen molar-refractivity contribution in [3.63, 3.8) is 0 Å². The smallest absolute Gasteiger partial charge is 0.272 e. The summed E-state index contributed by atoms with van der Waals surface area (Å²) in [6.07, 6.45) is 0. The first kappa shape index (κ1) is 16.9. The van der Waals surface area contributed by atoms with Gasteiger partial charge in [-0.05, 0) is 43.2 Å².